The number of aryl methyl sites for hydroxylation is 1. The largest absolute Gasteiger partial charge is 0.325 e. The van der Waals surface area contributed by atoms with Crippen molar-refractivity contribution in [2.24, 2.45) is 0 Å². The first-order valence-corrected chi connectivity index (χ1v) is 11.4. The van der Waals surface area contributed by atoms with E-state index in [1.54, 1.807) is 11.3 Å². The highest BCUT2D eigenvalue weighted by Crippen LogP contribution is 2.35. The summed E-state index contributed by atoms with van der Waals surface area (Å²) >= 11 is 6.56. The summed E-state index contributed by atoms with van der Waals surface area (Å²) in [5.74, 6) is 0.725. The summed E-state index contributed by atoms with van der Waals surface area (Å²) in [5, 5.41) is 22.7. The fourth-order valence-electron chi connectivity index (χ4n) is 2.61. The Morgan fingerprint density at radius 3 is 2.62 bits per heavy atom. The van der Waals surface area contributed by atoms with Crippen molar-refractivity contribution in [1.82, 2.24) is 14.8 Å². The molecule has 2 aromatic heterocycles. The fourth-order valence-corrected chi connectivity index (χ4v) is 5.31. The molecule has 1 aromatic carbocycles. The highest BCUT2D eigenvalue weighted by atomic mass is 79.9. The van der Waals surface area contributed by atoms with Crippen molar-refractivity contribution < 1.29 is 9.72 Å². The standard InChI is InChI=1S/C18H18BrN5O3S2/c1-3-14-13(19)9-15(29-14)17-21-22-18(23(17)4-2)28-10-16(25)20-11-5-7-12(8-6-11)24(26)27/h5-9H,3-4,10H2,1-2H3,(H,20,25). The van der Waals surface area contributed by atoms with Crippen LogP contribution in [0, 0.1) is 10.1 Å². The molecule has 0 aliphatic rings. The summed E-state index contributed by atoms with van der Waals surface area (Å²) in [6.07, 6.45) is 0.940. The van der Waals surface area contributed by atoms with Gasteiger partial charge < -0.3 is 9.88 Å². The number of nitrogens with one attached hydrogen (secondary N) is 1. The normalized spacial score (nSPS) is 10.9. The quantitative estimate of drug-likeness (QED) is 0.268. The molecule has 29 heavy (non-hydrogen) atoms. The van der Waals surface area contributed by atoms with Crippen LogP contribution in [0.5, 0.6) is 0 Å². The Labute approximate surface area is 184 Å². The molecule has 0 bridgehead atoms. The molecule has 11 heteroatoms. The van der Waals surface area contributed by atoms with Crippen molar-refractivity contribution in [3.63, 3.8) is 0 Å². The molecule has 0 aliphatic heterocycles. The van der Waals surface area contributed by atoms with Crippen molar-refractivity contribution in [1.29, 1.82) is 0 Å². The number of carbonyl (C=O) groups is 1. The number of hydrogen-bond donors (Lipinski definition) is 1. The lowest BCUT2D eigenvalue weighted by Gasteiger charge is -2.07. The van der Waals surface area contributed by atoms with E-state index in [2.05, 4.69) is 44.4 Å². The van der Waals surface area contributed by atoms with Crippen molar-refractivity contribution in [3.05, 3.63) is 49.8 Å². The lowest BCUT2D eigenvalue weighted by atomic mass is 10.3. The van der Waals surface area contributed by atoms with E-state index >= 15 is 0 Å². The summed E-state index contributed by atoms with van der Waals surface area (Å²) in [6, 6.07) is 7.77. The Morgan fingerprint density at radius 1 is 1.31 bits per heavy atom. The molecule has 0 atom stereocenters. The zero-order valence-electron chi connectivity index (χ0n) is 15.7. The number of non-ortho nitro benzene ring substituents is 1. The number of anilines is 1. The Morgan fingerprint density at radius 2 is 2.03 bits per heavy atom. The van der Waals surface area contributed by atoms with Gasteiger partial charge in [0.05, 0.1) is 15.6 Å². The number of nitro benzene ring substituents is 1. The van der Waals surface area contributed by atoms with Gasteiger partial charge in [-0.25, -0.2) is 0 Å². The Bertz CT molecular complexity index is 1030. The number of aromatic nitrogens is 3. The number of amides is 1. The Kier molecular flexibility index (Phi) is 7.04. The Hall–Kier alpha value is -2.24. The molecule has 0 saturated heterocycles. The number of thiophene rings is 1. The Balaban J connectivity index is 1.66. The van der Waals surface area contributed by atoms with Crippen molar-refractivity contribution in [2.45, 2.75) is 32.0 Å². The molecule has 1 N–H and O–H groups in total. The van der Waals surface area contributed by atoms with Gasteiger partial charge in [-0.05, 0) is 47.5 Å². The molecular formula is C18H18BrN5O3S2. The van der Waals surface area contributed by atoms with E-state index in [-0.39, 0.29) is 17.3 Å². The number of halogens is 1. The second-order valence-electron chi connectivity index (χ2n) is 5.93. The number of hydrogen-bond acceptors (Lipinski definition) is 7. The van der Waals surface area contributed by atoms with Crippen LogP contribution < -0.4 is 5.32 Å². The van der Waals surface area contributed by atoms with Gasteiger partial charge in [0.25, 0.3) is 5.69 Å². The molecule has 0 radical (unpaired) electrons. The van der Waals surface area contributed by atoms with E-state index in [1.165, 1.54) is 40.9 Å². The highest BCUT2D eigenvalue weighted by molar-refractivity contribution is 9.10. The molecule has 152 valence electrons. The van der Waals surface area contributed by atoms with Crippen molar-refractivity contribution >= 4 is 56.3 Å². The first-order valence-electron chi connectivity index (χ1n) is 8.81. The topological polar surface area (TPSA) is 103 Å². The molecule has 3 aromatic rings. The van der Waals surface area contributed by atoms with Gasteiger partial charge in [-0.1, -0.05) is 18.7 Å². The van der Waals surface area contributed by atoms with Gasteiger partial charge in [0, 0.05) is 33.7 Å². The summed E-state index contributed by atoms with van der Waals surface area (Å²) in [6.45, 7) is 4.80. The van der Waals surface area contributed by atoms with E-state index in [4.69, 9.17) is 0 Å². The van der Waals surface area contributed by atoms with Gasteiger partial charge in [-0.15, -0.1) is 21.5 Å². The zero-order chi connectivity index (χ0) is 21.0. The molecule has 0 fully saturated rings. The van der Waals surface area contributed by atoms with Crippen LogP contribution in [0.4, 0.5) is 11.4 Å². The van der Waals surface area contributed by atoms with Crippen molar-refractivity contribution in [3.8, 4) is 10.7 Å². The lowest BCUT2D eigenvalue weighted by molar-refractivity contribution is -0.384. The van der Waals surface area contributed by atoms with E-state index < -0.39 is 4.92 Å². The van der Waals surface area contributed by atoms with Crippen LogP contribution in [0.3, 0.4) is 0 Å². The number of nitro groups is 1. The summed E-state index contributed by atoms with van der Waals surface area (Å²) in [5.41, 5.74) is 0.488. The molecule has 8 nitrogen and oxygen atoms in total. The number of rotatable bonds is 8. The van der Waals surface area contributed by atoms with Crippen LogP contribution in [0.1, 0.15) is 18.7 Å². The monoisotopic (exact) mass is 495 g/mol. The third-order valence-corrected chi connectivity index (χ3v) is 7.24. The molecule has 1 amide bonds. The van der Waals surface area contributed by atoms with Crippen LogP contribution in [0.25, 0.3) is 10.7 Å². The maximum absolute atomic E-state index is 12.2. The predicted molar refractivity (Wildman–Crippen MR) is 119 cm³/mol. The number of carbonyl (C=O) groups excluding carboxylic acids is 1. The van der Waals surface area contributed by atoms with Crippen LogP contribution in [-0.4, -0.2) is 31.3 Å². The summed E-state index contributed by atoms with van der Waals surface area (Å²) in [4.78, 5) is 24.7. The summed E-state index contributed by atoms with van der Waals surface area (Å²) < 4.78 is 3.06. The number of benzene rings is 1. The number of nitrogens with zero attached hydrogens (tertiary/aromatic N) is 4. The van der Waals surface area contributed by atoms with Crippen LogP contribution in [-0.2, 0) is 17.8 Å². The van der Waals surface area contributed by atoms with Gasteiger partial charge in [0.15, 0.2) is 11.0 Å². The minimum absolute atomic E-state index is 0.0209. The molecule has 3 rings (SSSR count). The average molecular weight is 496 g/mol. The lowest BCUT2D eigenvalue weighted by Crippen LogP contribution is -2.14. The van der Waals surface area contributed by atoms with Crippen molar-refractivity contribution in [2.75, 3.05) is 11.1 Å². The molecule has 0 saturated carbocycles. The second kappa shape index (κ2) is 9.51. The molecule has 0 spiro atoms. The maximum Gasteiger partial charge on any atom is 0.269 e. The SMILES string of the molecule is CCc1sc(-c2nnc(SCC(=O)Nc3ccc([N+](=O)[O-])cc3)n2CC)cc1Br. The van der Waals surface area contributed by atoms with Gasteiger partial charge in [0.2, 0.25) is 5.91 Å². The highest BCUT2D eigenvalue weighted by Gasteiger charge is 2.17. The molecular weight excluding hydrogens is 478 g/mol. The first-order chi connectivity index (χ1) is 13.9. The van der Waals surface area contributed by atoms with Gasteiger partial charge in [-0.2, -0.15) is 0 Å². The molecule has 0 unspecified atom stereocenters. The third kappa shape index (κ3) is 5.03. The minimum Gasteiger partial charge on any atom is -0.325 e. The first kappa shape index (κ1) is 21.5. The fraction of sp³-hybridized carbons (Fsp3) is 0.278. The maximum atomic E-state index is 12.2. The number of thioether (sulfide) groups is 1. The van der Waals surface area contributed by atoms with Gasteiger partial charge >= 0.3 is 0 Å². The predicted octanol–water partition coefficient (Wildman–Crippen LogP) is 4.99. The van der Waals surface area contributed by atoms with E-state index in [0.717, 1.165) is 21.6 Å². The van der Waals surface area contributed by atoms with E-state index in [1.807, 2.05) is 11.5 Å². The van der Waals surface area contributed by atoms with E-state index in [9.17, 15) is 14.9 Å². The second-order valence-corrected chi connectivity index (χ2v) is 8.86. The summed E-state index contributed by atoms with van der Waals surface area (Å²) in [7, 11) is 0. The van der Waals surface area contributed by atoms with E-state index in [0.29, 0.717) is 17.4 Å². The van der Waals surface area contributed by atoms with Gasteiger partial charge in [-0.3, -0.25) is 14.9 Å². The van der Waals surface area contributed by atoms with Crippen LogP contribution in [0.15, 0.2) is 40.0 Å². The third-order valence-electron chi connectivity index (χ3n) is 4.03. The average Bonchev–Trinajstić information content (AvgIpc) is 3.29. The van der Waals surface area contributed by atoms with Crippen LogP contribution in [0.2, 0.25) is 0 Å². The van der Waals surface area contributed by atoms with Crippen LogP contribution >= 0.6 is 39.0 Å². The molecule has 0 aliphatic carbocycles. The molecule has 2 heterocycles. The smallest absolute Gasteiger partial charge is 0.269 e. The zero-order valence-corrected chi connectivity index (χ0v) is 18.9. The van der Waals surface area contributed by atoms with Gasteiger partial charge in [0.1, 0.15) is 0 Å². The minimum atomic E-state index is -0.480.